The average Bonchev–Trinajstić information content (AvgIpc) is 3.33. The van der Waals surface area contributed by atoms with Gasteiger partial charge in [-0.25, -0.2) is 14.8 Å². The second kappa shape index (κ2) is 11.3. The lowest BCUT2D eigenvalue weighted by Crippen LogP contribution is -2.32. The third-order valence-corrected chi connectivity index (χ3v) is 5.59. The number of ketones is 2. The molecule has 2 aromatic rings. The first kappa shape index (κ1) is 24.1. The van der Waals surface area contributed by atoms with Crippen molar-refractivity contribution in [3.8, 4) is 10.7 Å². The highest BCUT2D eigenvalue weighted by molar-refractivity contribution is 7.14. The molecule has 1 amide bonds. The van der Waals surface area contributed by atoms with Crippen LogP contribution in [-0.4, -0.2) is 44.9 Å². The normalized spacial score (nSPS) is 11.3. The van der Waals surface area contributed by atoms with E-state index < -0.39 is 18.3 Å². The minimum atomic E-state index is -0.557. The van der Waals surface area contributed by atoms with E-state index in [1.54, 1.807) is 26.2 Å². The van der Waals surface area contributed by atoms with Crippen LogP contribution in [0, 0.1) is 0 Å². The number of nitrogens with one attached hydrogen (secondary N) is 1. The van der Waals surface area contributed by atoms with E-state index >= 15 is 0 Å². The van der Waals surface area contributed by atoms with Crippen molar-refractivity contribution in [2.24, 2.45) is 0 Å². The lowest BCUT2D eigenvalue weighted by atomic mass is 10.1. The molecule has 164 valence electrons. The number of thiazole rings is 2. The number of nitrogens with zero attached hydrogens (tertiary/aromatic N) is 2. The molecule has 10 heteroatoms. The first-order valence-corrected chi connectivity index (χ1v) is 11.5. The van der Waals surface area contributed by atoms with Gasteiger partial charge in [0.15, 0.2) is 11.6 Å². The third kappa shape index (κ3) is 8.29. The topological polar surface area (TPSA) is 118 Å². The van der Waals surface area contributed by atoms with E-state index in [2.05, 4.69) is 15.3 Å². The van der Waals surface area contributed by atoms with Crippen LogP contribution in [-0.2, 0) is 16.1 Å². The standard InChI is InChI=1S/C20H27N3O5S2/c1-20(2,3)28-19(27)21-9-17-22-15(12-29-17)18-23-14(11-30-18)16(26)8-6-4-5-7-13(25)10-24/h11-12,24H,4-10H2,1-3H3,(H,21,27). The van der Waals surface area contributed by atoms with E-state index in [1.807, 2.05) is 5.38 Å². The van der Waals surface area contributed by atoms with Crippen LogP contribution in [0.2, 0.25) is 0 Å². The molecule has 2 heterocycles. The summed E-state index contributed by atoms with van der Waals surface area (Å²) >= 11 is 2.76. The number of aliphatic hydroxyl groups is 1. The van der Waals surface area contributed by atoms with Crippen molar-refractivity contribution in [1.82, 2.24) is 15.3 Å². The zero-order valence-electron chi connectivity index (χ0n) is 17.4. The van der Waals surface area contributed by atoms with E-state index in [4.69, 9.17) is 9.84 Å². The Balaban J connectivity index is 1.81. The number of carbonyl (C=O) groups excluding carboxylic acids is 3. The second-order valence-corrected chi connectivity index (χ2v) is 9.50. The molecule has 0 radical (unpaired) electrons. The van der Waals surface area contributed by atoms with Crippen molar-refractivity contribution in [2.45, 2.75) is 65.0 Å². The van der Waals surface area contributed by atoms with Gasteiger partial charge in [0.2, 0.25) is 0 Å². The number of hydrogen-bond acceptors (Lipinski definition) is 9. The van der Waals surface area contributed by atoms with Crippen LogP contribution in [0.3, 0.4) is 0 Å². The van der Waals surface area contributed by atoms with Crippen LogP contribution < -0.4 is 5.32 Å². The number of rotatable bonds is 11. The Morgan fingerprint density at radius 2 is 1.80 bits per heavy atom. The van der Waals surface area contributed by atoms with Gasteiger partial charge in [-0.05, 0) is 33.6 Å². The van der Waals surface area contributed by atoms with Gasteiger partial charge in [0, 0.05) is 23.6 Å². The second-order valence-electron chi connectivity index (χ2n) is 7.70. The monoisotopic (exact) mass is 453 g/mol. The molecule has 0 aliphatic heterocycles. The molecule has 2 rings (SSSR count). The molecule has 2 N–H and O–H groups in total. The van der Waals surface area contributed by atoms with E-state index in [-0.39, 0.29) is 18.1 Å². The first-order chi connectivity index (χ1) is 14.2. The molecule has 0 saturated carbocycles. The lowest BCUT2D eigenvalue weighted by molar-refractivity contribution is -0.121. The highest BCUT2D eigenvalue weighted by Gasteiger charge is 2.17. The molecule has 0 aliphatic rings. The first-order valence-electron chi connectivity index (χ1n) is 9.71. The Hall–Kier alpha value is -2.17. The minimum Gasteiger partial charge on any atom is -0.444 e. The third-order valence-electron chi connectivity index (χ3n) is 3.88. The Labute approximate surface area is 183 Å². The molecule has 0 saturated heterocycles. The summed E-state index contributed by atoms with van der Waals surface area (Å²) in [6, 6.07) is 0. The zero-order valence-corrected chi connectivity index (χ0v) is 19.0. The lowest BCUT2D eigenvalue weighted by Gasteiger charge is -2.19. The smallest absolute Gasteiger partial charge is 0.408 e. The minimum absolute atomic E-state index is 0.0342. The summed E-state index contributed by atoms with van der Waals surface area (Å²) in [5.41, 5.74) is 0.536. The van der Waals surface area contributed by atoms with Crippen molar-refractivity contribution < 1.29 is 24.2 Å². The van der Waals surface area contributed by atoms with Crippen LogP contribution in [0.1, 0.15) is 68.4 Å². The Bertz CT molecular complexity index is 870. The van der Waals surface area contributed by atoms with Gasteiger partial charge in [-0.2, -0.15) is 0 Å². The van der Waals surface area contributed by atoms with Crippen molar-refractivity contribution in [1.29, 1.82) is 0 Å². The number of carbonyl (C=O) groups is 3. The van der Waals surface area contributed by atoms with Gasteiger partial charge in [-0.15, -0.1) is 22.7 Å². The molecule has 0 aromatic carbocycles. The number of Topliss-reactive ketones (excluding diaryl/α,β-unsaturated/α-hetero) is 2. The van der Waals surface area contributed by atoms with Gasteiger partial charge in [0.1, 0.15) is 33.6 Å². The number of hydrogen-bond donors (Lipinski definition) is 2. The molecular formula is C20H27N3O5S2. The number of aliphatic hydroxyl groups excluding tert-OH is 1. The van der Waals surface area contributed by atoms with Crippen LogP contribution in [0.4, 0.5) is 4.79 Å². The predicted octanol–water partition coefficient (Wildman–Crippen LogP) is 3.99. The number of ether oxygens (including phenoxy) is 1. The molecular weight excluding hydrogens is 426 g/mol. The average molecular weight is 454 g/mol. The number of unbranched alkanes of at least 4 members (excludes halogenated alkanes) is 2. The van der Waals surface area contributed by atoms with Crippen molar-refractivity contribution >= 4 is 40.3 Å². The molecule has 8 nitrogen and oxygen atoms in total. The largest absolute Gasteiger partial charge is 0.444 e. The molecule has 2 aromatic heterocycles. The Morgan fingerprint density at radius 3 is 2.50 bits per heavy atom. The summed E-state index contributed by atoms with van der Waals surface area (Å²) in [5.74, 6) is -0.206. The summed E-state index contributed by atoms with van der Waals surface area (Å²) in [5, 5.41) is 16.3. The Kier molecular flexibility index (Phi) is 9.07. The van der Waals surface area contributed by atoms with Gasteiger partial charge in [-0.3, -0.25) is 9.59 Å². The quantitative estimate of drug-likeness (QED) is 0.390. The maximum absolute atomic E-state index is 12.3. The molecule has 0 aliphatic carbocycles. The number of aromatic nitrogens is 2. The van der Waals surface area contributed by atoms with Gasteiger partial charge in [-0.1, -0.05) is 6.42 Å². The summed E-state index contributed by atoms with van der Waals surface area (Å²) in [6.07, 6.45) is 2.34. The molecule has 30 heavy (non-hydrogen) atoms. The summed E-state index contributed by atoms with van der Waals surface area (Å²) in [7, 11) is 0. The van der Waals surface area contributed by atoms with Gasteiger partial charge >= 0.3 is 6.09 Å². The van der Waals surface area contributed by atoms with Crippen LogP contribution in [0.5, 0.6) is 0 Å². The van der Waals surface area contributed by atoms with Crippen LogP contribution in [0.15, 0.2) is 10.8 Å². The molecule has 0 bridgehead atoms. The summed E-state index contributed by atoms with van der Waals surface area (Å²) in [6.45, 7) is 5.24. The Morgan fingerprint density at radius 1 is 1.07 bits per heavy atom. The summed E-state index contributed by atoms with van der Waals surface area (Å²) in [4.78, 5) is 43.9. The van der Waals surface area contributed by atoms with E-state index in [9.17, 15) is 14.4 Å². The van der Waals surface area contributed by atoms with Gasteiger partial charge in [0.25, 0.3) is 0 Å². The van der Waals surface area contributed by atoms with Crippen LogP contribution >= 0.6 is 22.7 Å². The molecule has 0 atom stereocenters. The highest BCUT2D eigenvalue weighted by Crippen LogP contribution is 2.26. The maximum atomic E-state index is 12.3. The molecule has 0 fully saturated rings. The molecule has 0 unspecified atom stereocenters. The summed E-state index contributed by atoms with van der Waals surface area (Å²) < 4.78 is 5.20. The highest BCUT2D eigenvalue weighted by atomic mass is 32.1. The fraction of sp³-hybridized carbons (Fsp3) is 0.550. The number of amides is 1. The van der Waals surface area contributed by atoms with E-state index in [0.717, 1.165) is 11.4 Å². The van der Waals surface area contributed by atoms with Crippen LogP contribution in [0.25, 0.3) is 10.7 Å². The predicted molar refractivity (Wildman–Crippen MR) is 116 cm³/mol. The fourth-order valence-corrected chi connectivity index (χ4v) is 4.04. The van der Waals surface area contributed by atoms with Crippen molar-refractivity contribution in [2.75, 3.05) is 6.61 Å². The SMILES string of the molecule is CC(C)(C)OC(=O)NCc1nc(-c2nc(C(=O)CCCCCC(=O)CO)cs2)cs1. The molecule has 0 spiro atoms. The van der Waals surface area contributed by atoms with Crippen molar-refractivity contribution in [3.05, 3.63) is 21.5 Å². The van der Waals surface area contributed by atoms with E-state index in [0.29, 0.717) is 42.1 Å². The van der Waals surface area contributed by atoms with Gasteiger partial charge in [0.05, 0.1) is 6.54 Å². The number of alkyl carbamates (subject to hydrolysis) is 1. The zero-order chi connectivity index (χ0) is 22.1. The van der Waals surface area contributed by atoms with Crippen molar-refractivity contribution in [3.63, 3.8) is 0 Å². The van der Waals surface area contributed by atoms with Gasteiger partial charge < -0.3 is 15.2 Å². The maximum Gasteiger partial charge on any atom is 0.408 e. The fourth-order valence-electron chi connectivity index (χ4n) is 2.46. The van der Waals surface area contributed by atoms with E-state index in [1.165, 1.54) is 22.7 Å².